The van der Waals surface area contributed by atoms with Gasteiger partial charge in [0.1, 0.15) is 0 Å². The van der Waals surface area contributed by atoms with Crippen LogP contribution in [0, 0.1) is 0 Å². The normalized spacial score (nSPS) is 13.2. The minimum Gasteiger partial charge on any atom is -0.480 e. The van der Waals surface area contributed by atoms with Crippen LogP contribution in [0.2, 0.25) is 0 Å². The molecule has 0 saturated heterocycles. The van der Waals surface area contributed by atoms with E-state index in [9.17, 15) is 4.79 Å². The molecule has 0 heterocycles. The van der Waals surface area contributed by atoms with E-state index in [1.165, 1.54) is 19.3 Å². The first-order chi connectivity index (χ1) is 6.07. The van der Waals surface area contributed by atoms with E-state index in [-0.39, 0.29) is 6.54 Å². The predicted molar refractivity (Wildman–Crippen MR) is 53.9 cm³/mol. The maximum atomic E-state index is 10.4. The first kappa shape index (κ1) is 12.4. The lowest BCUT2D eigenvalue weighted by Crippen LogP contribution is -2.33. The third-order valence-electron chi connectivity index (χ3n) is 2.36. The van der Waals surface area contributed by atoms with Gasteiger partial charge in [0, 0.05) is 6.04 Å². The van der Waals surface area contributed by atoms with Crippen molar-refractivity contribution in [3.8, 4) is 0 Å². The predicted octanol–water partition coefficient (Wildman–Crippen LogP) is 1.97. The van der Waals surface area contributed by atoms with Crippen molar-refractivity contribution < 1.29 is 9.90 Å². The molecule has 0 aliphatic rings. The second-order valence-corrected chi connectivity index (χ2v) is 3.65. The van der Waals surface area contributed by atoms with Gasteiger partial charge in [-0.3, -0.25) is 9.69 Å². The standard InChI is InChI=1S/C10H21NO2/c1-4-5-6-7-9(2)11(3)8-10(12)13/h9H,4-8H2,1-3H3,(H,12,13). The summed E-state index contributed by atoms with van der Waals surface area (Å²) < 4.78 is 0. The van der Waals surface area contributed by atoms with Gasteiger partial charge in [-0.1, -0.05) is 26.2 Å². The molecular formula is C10H21NO2. The summed E-state index contributed by atoms with van der Waals surface area (Å²) in [5.41, 5.74) is 0. The van der Waals surface area contributed by atoms with Crippen LogP contribution in [0.4, 0.5) is 0 Å². The number of aliphatic carboxylic acids is 1. The van der Waals surface area contributed by atoms with Crippen molar-refractivity contribution in [3.63, 3.8) is 0 Å². The van der Waals surface area contributed by atoms with Gasteiger partial charge in [0.05, 0.1) is 6.54 Å². The van der Waals surface area contributed by atoms with E-state index in [1.54, 1.807) is 0 Å². The molecule has 0 fully saturated rings. The van der Waals surface area contributed by atoms with Gasteiger partial charge in [-0.05, 0) is 20.4 Å². The molecule has 0 amide bonds. The SMILES string of the molecule is CCCCCC(C)N(C)CC(=O)O. The number of hydrogen-bond donors (Lipinski definition) is 1. The van der Waals surface area contributed by atoms with Crippen LogP contribution in [-0.2, 0) is 4.79 Å². The van der Waals surface area contributed by atoms with Crippen molar-refractivity contribution in [2.75, 3.05) is 13.6 Å². The molecule has 0 aliphatic heterocycles. The molecule has 1 atom stereocenters. The second-order valence-electron chi connectivity index (χ2n) is 3.65. The van der Waals surface area contributed by atoms with Crippen LogP contribution < -0.4 is 0 Å². The summed E-state index contributed by atoms with van der Waals surface area (Å²) in [4.78, 5) is 12.3. The number of hydrogen-bond acceptors (Lipinski definition) is 2. The maximum absolute atomic E-state index is 10.4. The Kier molecular flexibility index (Phi) is 6.59. The highest BCUT2D eigenvalue weighted by molar-refractivity contribution is 5.69. The van der Waals surface area contributed by atoms with E-state index < -0.39 is 5.97 Å². The van der Waals surface area contributed by atoms with Crippen LogP contribution in [0.3, 0.4) is 0 Å². The zero-order chi connectivity index (χ0) is 10.3. The van der Waals surface area contributed by atoms with E-state index in [0.717, 1.165) is 6.42 Å². The van der Waals surface area contributed by atoms with E-state index in [4.69, 9.17) is 5.11 Å². The molecule has 0 radical (unpaired) electrons. The monoisotopic (exact) mass is 187 g/mol. The Morgan fingerprint density at radius 2 is 2.08 bits per heavy atom. The summed E-state index contributed by atoms with van der Waals surface area (Å²) in [5.74, 6) is -0.746. The fourth-order valence-electron chi connectivity index (χ4n) is 1.28. The molecule has 78 valence electrons. The molecule has 0 saturated carbocycles. The van der Waals surface area contributed by atoms with Crippen molar-refractivity contribution in [3.05, 3.63) is 0 Å². The Balaban J connectivity index is 3.56. The van der Waals surface area contributed by atoms with Gasteiger partial charge >= 0.3 is 5.97 Å². The minimum atomic E-state index is -0.746. The van der Waals surface area contributed by atoms with Crippen LogP contribution in [0.1, 0.15) is 39.5 Å². The maximum Gasteiger partial charge on any atom is 0.317 e. The molecule has 3 heteroatoms. The second kappa shape index (κ2) is 6.89. The summed E-state index contributed by atoms with van der Waals surface area (Å²) in [6.07, 6.45) is 4.75. The first-order valence-electron chi connectivity index (χ1n) is 5.00. The molecule has 13 heavy (non-hydrogen) atoms. The molecule has 0 aromatic carbocycles. The average molecular weight is 187 g/mol. The third-order valence-corrected chi connectivity index (χ3v) is 2.36. The molecule has 0 aromatic heterocycles. The number of carboxylic acid groups (broad SMARTS) is 1. The van der Waals surface area contributed by atoms with Gasteiger partial charge in [-0.2, -0.15) is 0 Å². The molecule has 0 aromatic rings. The molecule has 0 bridgehead atoms. The number of nitrogens with zero attached hydrogens (tertiary/aromatic N) is 1. The van der Waals surface area contributed by atoms with Crippen molar-refractivity contribution in [2.45, 2.75) is 45.6 Å². The third kappa shape index (κ3) is 6.58. The van der Waals surface area contributed by atoms with E-state index in [1.807, 2.05) is 11.9 Å². The lowest BCUT2D eigenvalue weighted by Gasteiger charge is -2.22. The summed E-state index contributed by atoms with van der Waals surface area (Å²) in [5, 5.41) is 8.56. The molecule has 3 nitrogen and oxygen atoms in total. The number of unbranched alkanes of at least 4 members (excludes halogenated alkanes) is 2. The number of carbonyl (C=O) groups is 1. The Bertz CT molecular complexity index is 148. The lowest BCUT2D eigenvalue weighted by atomic mass is 10.1. The fraction of sp³-hybridized carbons (Fsp3) is 0.900. The zero-order valence-electron chi connectivity index (χ0n) is 8.92. The number of carboxylic acids is 1. The smallest absolute Gasteiger partial charge is 0.317 e. The van der Waals surface area contributed by atoms with Crippen molar-refractivity contribution >= 4 is 5.97 Å². The number of rotatable bonds is 7. The molecule has 1 N–H and O–H groups in total. The van der Waals surface area contributed by atoms with Crippen LogP contribution in [0.15, 0.2) is 0 Å². The van der Waals surface area contributed by atoms with E-state index in [2.05, 4.69) is 13.8 Å². The quantitative estimate of drug-likeness (QED) is 0.619. The van der Waals surface area contributed by atoms with Crippen molar-refractivity contribution in [2.24, 2.45) is 0 Å². The molecule has 0 spiro atoms. The molecule has 0 rings (SSSR count). The highest BCUT2D eigenvalue weighted by Crippen LogP contribution is 2.07. The van der Waals surface area contributed by atoms with Crippen LogP contribution in [0.25, 0.3) is 0 Å². The Morgan fingerprint density at radius 3 is 2.54 bits per heavy atom. The molecule has 1 unspecified atom stereocenters. The summed E-state index contributed by atoms with van der Waals surface area (Å²) in [7, 11) is 1.87. The Hall–Kier alpha value is -0.570. The topological polar surface area (TPSA) is 40.5 Å². The Morgan fingerprint density at radius 1 is 1.46 bits per heavy atom. The van der Waals surface area contributed by atoms with Crippen LogP contribution in [-0.4, -0.2) is 35.6 Å². The summed E-state index contributed by atoms with van der Waals surface area (Å²) >= 11 is 0. The Labute approximate surface area is 80.7 Å². The van der Waals surface area contributed by atoms with Crippen LogP contribution in [0.5, 0.6) is 0 Å². The van der Waals surface area contributed by atoms with E-state index >= 15 is 0 Å². The molecule has 0 aliphatic carbocycles. The summed E-state index contributed by atoms with van der Waals surface area (Å²) in [6, 6.07) is 0.377. The van der Waals surface area contributed by atoms with Gasteiger partial charge in [-0.25, -0.2) is 0 Å². The van der Waals surface area contributed by atoms with Gasteiger partial charge in [0.15, 0.2) is 0 Å². The average Bonchev–Trinajstić information content (AvgIpc) is 2.03. The lowest BCUT2D eigenvalue weighted by molar-refractivity contribution is -0.138. The summed E-state index contributed by atoms with van der Waals surface area (Å²) in [6.45, 7) is 4.40. The highest BCUT2D eigenvalue weighted by Gasteiger charge is 2.11. The van der Waals surface area contributed by atoms with Crippen molar-refractivity contribution in [1.82, 2.24) is 4.90 Å². The zero-order valence-corrected chi connectivity index (χ0v) is 8.92. The van der Waals surface area contributed by atoms with Gasteiger partial charge in [0.2, 0.25) is 0 Å². The minimum absolute atomic E-state index is 0.146. The van der Waals surface area contributed by atoms with Gasteiger partial charge in [-0.15, -0.1) is 0 Å². The van der Waals surface area contributed by atoms with Gasteiger partial charge < -0.3 is 5.11 Å². The first-order valence-corrected chi connectivity index (χ1v) is 5.00. The van der Waals surface area contributed by atoms with Gasteiger partial charge in [0.25, 0.3) is 0 Å². The van der Waals surface area contributed by atoms with Crippen LogP contribution >= 0.6 is 0 Å². The highest BCUT2D eigenvalue weighted by atomic mass is 16.4. The molecular weight excluding hydrogens is 166 g/mol. The fourth-order valence-corrected chi connectivity index (χ4v) is 1.28. The van der Waals surface area contributed by atoms with Crippen molar-refractivity contribution in [1.29, 1.82) is 0 Å². The largest absolute Gasteiger partial charge is 0.480 e. The van der Waals surface area contributed by atoms with E-state index in [0.29, 0.717) is 6.04 Å². The number of likely N-dealkylation sites (N-methyl/N-ethyl adjacent to an activating group) is 1.